The van der Waals surface area contributed by atoms with Crippen LogP contribution in [0.1, 0.15) is 48.7 Å². The van der Waals surface area contributed by atoms with Crippen molar-refractivity contribution in [1.82, 2.24) is 4.90 Å². The van der Waals surface area contributed by atoms with E-state index in [1.165, 1.54) is 11.1 Å². The van der Waals surface area contributed by atoms with Crippen molar-refractivity contribution in [3.05, 3.63) is 34.9 Å². The molecule has 0 aliphatic carbocycles. The zero-order chi connectivity index (χ0) is 12.6. The topological polar surface area (TPSA) is 20.3 Å². The van der Waals surface area contributed by atoms with E-state index in [1.807, 2.05) is 18.0 Å². The van der Waals surface area contributed by atoms with Gasteiger partial charge in [0.2, 0.25) is 0 Å². The molecule has 2 rings (SSSR count). The van der Waals surface area contributed by atoms with Crippen molar-refractivity contribution in [2.24, 2.45) is 0 Å². The number of nitrogens with zero attached hydrogens (tertiary/aromatic N) is 1. The minimum Gasteiger partial charge on any atom is -0.342 e. The zero-order valence-corrected chi connectivity index (χ0v) is 11.2. The summed E-state index contributed by atoms with van der Waals surface area (Å²) in [5.41, 5.74) is 3.49. The lowest BCUT2D eigenvalue weighted by molar-refractivity contribution is 0.0798. The van der Waals surface area contributed by atoms with Gasteiger partial charge in [0.15, 0.2) is 0 Å². The number of aryl methyl sites for hydroxylation is 1. The third kappa shape index (κ3) is 2.08. The lowest BCUT2D eigenvalue weighted by atomic mass is 9.79. The molecule has 0 unspecified atom stereocenters. The van der Waals surface area contributed by atoms with Gasteiger partial charge < -0.3 is 4.90 Å². The fraction of sp³-hybridized carbons (Fsp3) is 0.533. The fourth-order valence-corrected chi connectivity index (χ4v) is 2.45. The predicted octanol–water partition coefficient (Wildman–Crippen LogP) is 3.00. The minimum absolute atomic E-state index is 0.0843. The van der Waals surface area contributed by atoms with Crippen LogP contribution in [0.3, 0.4) is 0 Å². The van der Waals surface area contributed by atoms with Gasteiger partial charge in [0.1, 0.15) is 0 Å². The molecule has 0 radical (unpaired) electrons. The molecule has 2 nitrogen and oxygen atoms in total. The third-order valence-electron chi connectivity index (χ3n) is 3.87. The highest BCUT2D eigenvalue weighted by Crippen LogP contribution is 2.34. The summed E-state index contributed by atoms with van der Waals surface area (Å²) in [5, 5.41) is 0. The molecule has 0 spiro atoms. The second kappa shape index (κ2) is 4.17. The summed E-state index contributed by atoms with van der Waals surface area (Å²) in [4.78, 5) is 14.1. The smallest absolute Gasteiger partial charge is 0.253 e. The summed E-state index contributed by atoms with van der Waals surface area (Å²) in [5.74, 6) is 0.160. The normalized spacial score (nSPS) is 18.8. The van der Waals surface area contributed by atoms with Crippen LogP contribution in [0.25, 0.3) is 0 Å². The number of fused-ring (bicyclic) bond motifs is 1. The van der Waals surface area contributed by atoms with E-state index in [9.17, 15) is 4.79 Å². The van der Waals surface area contributed by atoms with Gasteiger partial charge in [-0.1, -0.05) is 32.9 Å². The minimum atomic E-state index is 0.0843. The zero-order valence-electron chi connectivity index (χ0n) is 11.2. The van der Waals surface area contributed by atoms with Crippen molar-refractivity contribution in [3.8, 4) is 0 Å². The first-order valence-electron chi connectivity index (χ1n) is 6.34. The Hall–Kier alpha value is -1.31. The molecule has 1 heterocycles. The van der Waals surface area contributed by atoms with E-state index >= 15 is 0 Å². The van der Waals surface area contributed by atoms with Gasteiger partial charge in [0, 0.05) is 19.2 Å². The van der Waals surface area contributed by atoms with Crippen LogP contribution in [0, 0.1) is 0 Å². The molecule has 92 valence electrons. The number of benzene rings is 1. The summed E-state index contributed by atoms with van der Waals surface area (Å²) < 4.78 is 0. The van der Waals surface area contributed by atoms with Crippen molar-refractivity contribution in [2.75, 3.05) is 13.6 Å². The van der Waals surface area contributed by atoms with Crippen LogP contribution in [0.5, 0.6) is 0 Å². The number of carbonyl (C=O) groups excluding carboxylic acids is 1. The largest absolute Gasteiger partial charge is 0.342 e. The monoisotopic (exact) mass is 231 g/mol. The highest BCUT2D eigenvalue weighted by Gasteiger charge is 2.31. The molecule has 1 aromatic carbocycles. The Bertz CT molecular complexity index is 448. The van der Waals surface area contributed by atoms with Crippen LogP contribution < -0.4 is 0 Å². The van der Waals surface area contributed by atoms with Crippen LogP contribution in [-0.2, 0) is 11.8 Å². The molecule has 2 heteroatoms. The first-order chi connectivity index (χ1) is 7.95. The average Bonchev–Trinajstić information content (AvgIpc) is 2.41. The molecule has 0 saturated heterocycles. The molecule has 0 aromatic heterocycles. The van der Waals surface area contributed by atoms with Gasteiger partial charge in [-0.05, 0) is 35.4 Å². The van der Waals surface area contributed by atoms with E-state index in [-0.39, 0.29) is 11.3 Å². The Morgan fingerprint density at radius 1 is 1.35 bits per heavy atom. The van der Waals surface area contributed by atoms with Crippen molar-refractivity contribution < 1.29 is 4.79 Å². The van der Waals surface area contributed by atoms with Gasteiger partial charge in [-0.3, -0.25) is 4.79 Å². The van der Waals surface area contributed by atoms with Gasteiger partial charge in [-0.15, -0.1) is 0 Å². The summed E-state index contributed by atoms with van der Waals surface area (Å²) in [6.45, 7) is 7.46. The first kappa shape index (κ1) is 12.2. The summed E-state index contributed by atoms with van der Waals surface area (Å²) in [6.07, 6.45) is 2.04. The maximum Gasteiger partial charge on any atom is 0.253 e. The second-order valence-corrected chi connectivity index (χ2v) is 5.59. The molecular formula is C15H21NO. The fourth-order valence-electron chi connectivity index (χ4n) is 2.45. The number of hydrogen-bond donors (Lipinski definition) is 0. The molecule has 0 N–H and O–H groups in total. The molecule has 0 bridgehead atoms. The predicted molar refractivity (Wildman–Crippen MR) is 70.4 cm³/mol. The first-order valence-corrected chi connectivity index (χ1v) is 6.34. The molecular weight excluding hydrogens is 210 g/mol. The molecule has 0 atom stereocenters. The molecule has 1 amide bonds. The van der Waals surface area contributed by atoms with Gasteiger partial charge in [0.25, 0.3) is 5.91 Å². The Balaban J connectivity index is 2.60. The van der Waals surface area contributed by atoms with Crippen LogP contribution in [0.2, 0.25) is 0 Å². The van der Waals surface area contributed by atoms with E-state index in [1.54, 1.807) is 0 Å². The van der Waals surface area contributed by atoms with Gasteiger partial charge in [0.05, 0.1) is 0 Å². The van der Waals surface area contributed by atoms with E-state index in [4.69, 9.17) is 0 Å². The summed E-state index contributed by atoms with van der Waals surface area (Å²) >= 11 is 0. The third-order valence-corrected chi connectivity index (χ3v) is 3.87. The number of amides is 1. The molecule has 17 heavy (non-hydrogen) atoms. The van der Waals surface area contributed by atoms with Crippen molar-refractivity contribution in [2.45, 2.75) is 39.0 Å². The number of hydrogen-bond acceptors (Lipinski definition) is 1. The van der Waals surface area contributed by atoms with Crippen LogP contribution in [-0.4, -0.2) is 24.4 Å². The van der Waals surface area contributed by atoms with Crippen LogP contribution in [0.15, 0.2) is 18.2 Å². The number of rotatable bonds is 1. The quantitative estimate of drug-likeness (QED) is 0.727. The molecule has 1 aliphatic heterocycles. The SMILES string of the molecule is CCc1ccc2c(c1)C(C)(C)CCN(C)C2=O. The standard InChI is InChI=1S/C15H21NO/c1-5-11-6-7-12-13(10-11)15(2,3)8-9-16(4)14(12)17/h6-7,10H,5,8-9H2,1-4H3. The lowest BCUT2D eigenvalue weighted by Crippen LogP contribution is -2.26. The van der Waals surface area contributed by atoms with Crippen LogP contribution in [0.4, 0.5) is 0 Å². The average molecular weight is 231 g/mol. The molecule has 1 aromatic rings. The van der Waals surface area contributed by atoms with Gasteiger partial charge in [-0.2, -0.15) is 0 Å². The van der Waals surface area contributed by atoms with E-state index in [0.717, 1.165) is 24.9 Å². The highest BCUT2D eigenvalue weighted by atomic mass is 16.2. The van der Waals surface area contributed by atoms with Gasteiger partial charge in [-0.25, -0.2) is 0 Å². The maximum absolute atomic E-state index is 12.2. The Labute approximate surface area is 104 Å². The second-order valence-electron chi connectivity index (χ2n) is 5.59. The summed E-state index contributed by atoms with van der Waals surface area (Å²) in [7, 11) is 1.89. The molecule has 0 fully saturated rings. The molecule has 0 saturated carbocycles. The van der Waals surface area contributed by atoms with E-state index < -0.39 is 0 Å². The highest BCUT2D eigenvalue weighted by molar-refractivity contribution is 5.96. The Morgan fingerprint density at radius 3 is 2.71 bits per heavy atom. The lowest BCUT2D eigenvalue weighted by Gasteiger charge is -2.25. The van der Waals surface area contributed by atoms with Crippen molar-refractivity contribution in [1.29, 1.82) is 0 Å². The molecule has 1 aliphatic rings. The summed E-state index contributed by atoms with van der Waals surface area (Å²) in [6, 6.07) is 6.29. The Morgan fingerprint density at radius 2 is 2.06 bits per heavy atom. The van der Waals surface area contributed by atoms with Crippen molar-refractivity contribution in [3.63, 3.8) is 0 Å². The number of carbonyl (C=O) groups is 1. The van der Waals surface area contributed by atoms with E-state index in [2.05, 4.69) is 32.9 Å². The van der Waals surface area contributed by atoms with Crippen LogP contribution >= 0.6 is 0 Å². The Kier molecular flexibility index (Phi) is 2.98. The van der Waals surface area contributed by atoms with Crippen molar-refractivity contribution >= 4 is 5.91 Å². The van der Waals surface area contributed by atoms with E-state index in [0.29, 0.717) is 0 Å². The van der Waals surface area contributed by atoms with Gasteiger partial charge >= 0.3 is 0 Å². The maximum atomic E-state index is 12.2.